The zero-order valence-corrected chi connectivity index (χ0v) is 40.5. The average Bonchev–Trinajstić information content (AvgIpc) is 3.31. The molecule has 0 aliphatic heterocycles. The molecule has 4 nitrogen and oxygen atoms in total. The van der Waals surface area contributed by atoms with E-state index in [9.17, 15) is 0 Å². The minimum Gasteiger partial charge on any atom is -0.497 e. The van der Waals surface area contributed by atoms with Crippen molar-refractivity contribution >= 4 is 125 Å². The van der Waals surface area contributed by atoms with Gasteiger partial charge in [-0.05, 0) is 211 Å². The Bertz CT molecular complexity index is 3120. The topological polar surface area (TPSA) is 36.9 Å². The molecule has 0 amide bonds. The molecule has 9 aromatic carbocycles. The first-order valence-electron chi connectivity index (χ1n) is 19.8. The summed E-state index contributed by atoms with van der Waals surface area (Å²) >= 11 is 15.6. The first-order chi connectivity index (χ1) is 30.2. The molecule has 0 spiro atoms. The first-order valence-corrected chi connectivity index (χ1v) is 23.0. The van der Waals surface area contributed by atoms with Crippen molar-refractivity contribution in [1.29, 1.82) is 0 Å². The molecule has 62 heavy (non-hydrogen) atoms. The Morgan fingerprint density at radius 1 is 0.290 bits per heavy atom. The molecule has 0 radical (unpaired) electrons. The van der Waals surface area contributed by atoms with E-state index in [-0.39, 0.29) is 0 Å². The van der Waals surface area contributed by atoms with Crippen molar-refractivity contribution < 1.29 is 18.9 Å². The largest absolute Gasteiger partial charge is 0.497 e. The molecule has 0 saturated heterocycles. The highest BCUT2D eigenvalue weighted by Crippen LogP contribution is 2.33. The summed E-state index contributed by atoms with van der Waals surface area (Å²) in [5.74, 6) is 3.15. The molecule has 0 bridgehead atoms. The lowest BCUT2D eigenvalue weighted by atomic mass is 9.85. The fourth-order valence-electron chi connectivity index (χ4n) is 8.73. The molecule has 0 atom stereocenters. The molecule has 0 aliphatic rings. The van der Waals surface area contributed by atoms with Crippen LogP contribution in [0.3, 0.4) is 0 Å². The lowest BCUT2D eigenvalue weighted by Gasteiger charge is -2.19. The van der Waals surface area contributed by atoms with Crippen LogP contribution in [-0.4, -0.2) is 28.4 Å². The Morgan fingerprint density at radius 3 is 0.742 bits per heavy atom. The molecular formula is C54H38Br4O4. The lowest BCUT2D eigenvalue weighted by Crippen LogP contribution is -2.23. The normalized spacial score (nSPS) is 11.2. The van der Waals surface area contributed by atoms with Crippen LogP contribution >= 0.6 is 63.7 Å². The monoisotopic (exact) mass is 1070 g/mol. The molecule has 0 heterocycles. The minimum absolute atomic E-state index is 0.787. The second-order valence-electron chi connectivity index (χ2n) is 14.7. The van der Waals surface area contributed by atoms with Crippen molar-refractivity contribution in [2.45, 2.75) is 0 Å². The van der Waals surface area contributed by atoms with Crippen molar-refractivity contribution in [1.82, 2.24) is 0 Å². The highest BCUT2D eigenvalue weighted by molar-refractivity contribution is 9.34. The van der Waals surface area contributed by atoms with Gasteiger partial charge in [0.05, 0.1) is 35.2 Å². The number of rotatable bonds is 8. The molecule has 9 rings (SSSR count). The van der Waals surface area contributed by atoms with Gasteiger partial charge in [-0.25, -0.2) is 0 Å². The maximum Gasteiger partial charge on any atom is 0.118 e. The summed E-state index contributed by atoms with van der Waals surface area (Å²) in [5, 5.41) is 13.1. The number of halogens is 4. The number of fused-ring (bicyclic) bond motifs is 4. The van der Waals surface area contributed by atoms with Crippen LogP contribution in [-0.2, 0) is 0 Å². The molecule has 0 unspecified atom stereocenters. The zero-order chi connectivity index (χ0) is 43.1. The third-order valence-electron chi connectivity index (χ3n) is 11.6. The molecule has 0 fully saturated rings. The summed E-state index contributed by atoms with van der Waals surface area (Å²) < 4.78 is 24.4. The summed E-state index contributed by atoms with van der Waals surface area (Å²) in [6.45, 7) is 0. The second kappa shape index (κ2) is 17.8. The molecular weight excluding hydrogens is 1030 g/mol. The third-order valence-corrected chi connectivity index (χ3v) is 13.1. The van der Waals surface area contributed by atoms with Crippen molar-refractivity contribution in [3.8, 4) is 23.0 Å². The number of hydrogen-bond donors (Lipinski definition) is 0. The molecule has 9 aromatic rings. The van der Waals surface area contributed by atoms with E-state index in [0.717, 1.165) is 127 Å². The van der Waals surface area contributed by atoms with Crippen LogP contribution in [0.4, 0.5) is 0 Å². The highest BCUT2D eigenvalue weighted by atomic mass is 79.9. The number of methoxy groups -OCH3 is 4. The Labute approximate surface area is 392 Å². The Kier molecular flexibility index (Phi) is 12.0. The molecule has 8 heteroatoms. The van der Waals surface area contributed by atoms with Gasteiger partial charge in [0.2, 0.25) is 0 Å². The predicted octanol–water partition coefficient (Wildman–Crippen LogP) is 12.5. The quantitative estimate of drug-likeness (QED) is 0.142. The van der Waals surface area contributed by atoms with E-state index < -0.39 is 0 Å². The van der Waals surface area contributed by atoms with E-state index in [1.54, 1.807) is 28.4 Å². The Hall–Kier alpha value is -5.38. The predicted molar refractivity (Wildman–Crippen MR) is 273 cm³/mol. The molecule has 0 aliphatic carbocycles. The standard InChI is InChI=1S/C54H38Br4O4/c1-59-35-21-13-31(14-22-35)47(32-15-23-36(60-2)24-16-32)49-39-9-5-6-10-40(39)50(48(33-17-25-37(61-3)26-18-33)34-19-27-38(62-4)28-20-34)44-30-46-45(29-43(44)49)51(53(55)56)41-11-7-8-12-42(41)52(46)54(57)58/h5-30H,1-4H3. The number of benzene rings is 9. The van der Waals surface area contributed by atoms with Crippen LogP contribution in [0.5, 0.6) is 23.0 Å². The van der Waals surface area contributed by atoms with Crippen LogP contribution in [0.15, 0.2) is 158 Å². The van der Waals surface area contributed by atoms with Gasteiger partial charge in [0.25, 0.3) is 0 Å². The maximum absolute atomic E-state index is 5.67. The summed E-state index contributed by atoms with van der Waals surface area (Å²) in [6, 6.07) is 55.6. The van der Waals surface area contributed by atoms with E-state index in [0.29, 0.717) is 0 Å². The van der Waals surface area contributed by atoms with E-state index in [4.69, 9.17) is 18.9 Å². The van der Waals surface area contributed by atoms with Crippen molar-refractivity contribution in [3.05, 3.63) is 201 Å². The van der Waals surface area contributed by atoms with Crippen molar-refractivity contribution in [2.75, 3.05) is 28.4 Å². The van der Waals surface area contributed by atoms with E-state index in [1.807, 2.05) is 48.5 Å². The first kappa shape index (κ1) is 41.9. The van der Waals surface area contributed by atoms with Crippen LogP contribution in [0.25, 0.3) is 61.0 Å². The molecule has 306 valence electrons. The smallest absolute Gasteiger partial charge is 0.118 e. The molecule has 0 saturated carbocycles. The summed E-state index contributed by atoms with van der Waals surface area (Å²) in [4.78, 5) is 0. The number of ether oxygens (including phenoxy) is 4. The van der Waals surface area contributed by atoms with Gasteiger partial charge in [-0.1, -0.05) is 97.1 Å². The van der Waals surface area contributed by atoms with Crippen LogP contribution in [0, 0.1) is 0 Å². The van der Waals surface area contributed by atoms with Gasteiger partial charge in [-0.15, -0.1) is 0 Å². The SMILES string of the molecule is COc1ccc(C(c2ccc(OC)cc2)=c2c3ccccc3c(=C(c3ccc(OC)cc3)c3ccc(OC)cc3)c3cc4c(=C(Br)Br)c5ccccc5c(=C(Br)Br)c4cc23)cc1. The van der Waals surface area contributed by atoms with Gasteiger partial charge in [0.1, 0.15) is 23.0 Å². The van der Waals surface area contributed by atoms with Crippen LogP contribution < -0.4 is 39.8 Å². The van der Waals surface area contributed by atoms with Gasteiger partial charge in [0, 0.05) is 10.4 Å². The van der Waals surface area contributed by atoms with E-state index >= 15 is 0 Å². The Balaban J connectivity index is 1.67. The third kappa shape index (κ3) is 7.51. The summed E-state index contributed by atoms with van der Waals surface area (Å²) in [6.07, 6.45) is 0. The fourth-order valence-corrected chi connectivity index (χ4v) is 10.4. The highest BCUT2D eigenvalue weighted by Gasteiger charge is 2.20. The maximum atomic E-state index is 5.67. The lowest BCUT2D eigenvalue weighted by molar-refractivity contribution is 0.414. The number of hydrogen-bond acceptors (Lipinski definition) is 4. The van der Waals surface area contributed by atoms with Crippen LogP contribution in [0.1, 0.15) is 22.3 Å². The molecule has 0 aromatic heterocycles. The van der Waals surface area contributed by atoms with Gasteiger partial charge < -0.3 is 18.9 Å². The summed E-state index contributed by atoms with van der Waals surface area (Å²) in [5.41, 5.74) is 6.36. The minimum atomic E-state index is 0.787. The van der Waals surface area contributed by atoms with Gasteiger partial charge in [-0.3, -0.25) is 0 Å². The van der Waals surface area contributed by atoms with Crippen molar-refractivity contribution in [3.63, 3.8) is 0 Å². The molecule has 0 N–H and O–H groups in total. The van der Waals surface area contributed by atoms with E-state index in [2.05, 4.69) is 173 Å². The van der Waals surface area contributed by atoms with Crippen molar-refractivity contribution in [2.24, 2.45) is 0 Å². The fraction of sp³-hybridized carbons (Fsp3) is 0.0741. The van der Waals surface area contributed by atoms with Crippen LogP contribution in [0.2, 0.25) is 0 Å². The van der Waals surface area contributed by atoms with Gasteiger partial charge in [0.15, 0.2) is 0 Å². The van der Waals surface area contributed by atoms with E-state index in [1.165, 1.54) is 0 Å². The second-order valence-corrected chi connectivity index (χ2v) is 20.0. The average molecular weight is 1070 g/mol. The van der Waals surface area contributed by atoms with Gasteiger partial charge >= 0.3 is 0 Å². The zero-order valence-electron chi connectivity index (χ0n) is 34.2. The summed E-state index contributed by atoms with van der Waals surface area (Å²) in [7, 11) is 6.80. The van der Waals surface area contributed by atoms with Gasteiger partial charge in [-0.2, -0.15) is 0 Å². The Morgan fingerprint density at radius 2 is 0.516 bits per heavy atom.